The van der Waals surface area contributed by atoms with Gasteiger partial charge in [-0.25, -0.2) is 0 Å². The molecule has 1 aliphatic rings. The maximum atomic E-state index is 11.8. The second kappa shape index (κ2) is 15.7. The highest BCUT2D eigenvalue weighted by molar-refractivity contribution is 6.25. The van der Waals surface area contributed by atoms with Crippen LogP contribution in [0.5, 0.6) is 0 Å². The number of amides is 1. The van der Waals surface area contributed by atoms with Gasteiger partial charge in [-0.3, -0.25) is 9.79 Å². The Hall–Kier alpha value is -1.33. The molecule has 27 heavy (non-hydrogen) atoms. The predicted molar refractivity (Wildman–Crippen MR) is 116 cm³/mol. The number of nitrogens with one attached hydrogen (secondary N) is 2. The van der Waals surface area contributed by atoms with E-state index in [1.54, 1.807) is 18.9 Å². The van der Waals surface area contributed by atoms with Gasteiger partial charge >= 0.3 is 0 Å². The third kappa shape index (κ3) is 11.9. The number of hydrogen-bond donors (Lipinski definition) is 2. The number of halogens is 1. The molecule has 0 aliphatic carbocycles. The summed E-state index contributed by atoms with van der Waals surface area (Å²) in [5, 5.41) is 5.94. The molecule has 154 valence electrons. The van der Waals surface area contributed by atoms with E-state index in [2.05, 4.69) is 33.2 Å². The van der Waals surface area contributed by atoms with E-state index in [4.69, 9.17) is 11.6 Å². The number of carbonyl (C=O) groups is 1. The maximum Gasteiger partial charge on any atom is 0.220 e. The Morgan fingerprint density at radius 3 is 2.81 bits per heavy atom. The van der Waals surface area contributed by atoms with Crippen LogP contribution < -0.4 is 10.6 Å². The molecule has 1 amide bonds. The van der Waals surface area contributed by atoms with Crippen LogP contribution >= 0.6 is 11.6 Å². The first kappa shape index (κ1) is 23.7. The SMILES string of the molecule is C=CC(CC/C=C/Cl)CC1CCN(CCCC(=O)NCCNC=NC)CC1. The third-order valence-corrected chi connectivity index (χ3v) is 5.34. The van der Waals surface area contributed by atoms with E-state index >= 15 is 0 Å². The zero-order valence-corrected chi connectivity index (χ0v) is 17.6. The van der Waals surface area contributed by atoms with Gasteiger partial charge in [-0.1, -0.05) is 23.8 Å². The molecule has 0 aromatic rings. The molecule has 1 rings (SSSR count). The molecule has 1 atom stereocenters. The fraction of sp³-hybridized carbons (Fsp3) is 0.714. The quantitative estimate of drug-likeness (QED) is 0.204. The van der Waals surface area contributed by atoms with Gasteiger partial charge in [0.25, 0.3) is 0 Å². The summed E-state index contributed by atoms with van der Waals surface area (Å²) in [4.78, 5) is 18.2. The molecule has 1 aliphatic heterocycles. The first-order valence-electron chi connectivity index (χ1n) is 10.2. The first-order chi connectivity index (χ1) is 13.2. The summed E-state index contributed by atoms with van der Waals surface area (Å²) in [6.45, 7) is 8.67. The van der Waals surface area contributed by atoms with Crippen molar-refractivity contribution in [2.45, 2.75) is 44.9 Å². The summed E-state index contributed by atoms with van der Waals surface area (Å²) in [6, 6.07) is 0. The Balaban J connectivity index is 2.09. The summed E-state index contributed by atoms with van der Waals surface area (Å²) in [5.41, 5.74) is 1.61. The molecule has 5 nitrogen and oxygen atoms in total. The molecule has 1 unspecified atom stereocenters. The van der Waals surface area contributed by atoms with Crippen molar-refractivity contribution >= 4 is 23.8 Å². The molecule has 0 aromatic heterocycles. The van der Waals surface area contributed by atoms with E-state index in [9.17, 15) is 4.79 Å². The van der Waals surface area contributed by atoms with Gasteiger partial charge in [0.2, 0.25) is 5.91 Å². The molecular formula is C21H37ClN4O. The monoisotopic (exact) mass is 396 g/mol. The lowest BCUT2D eigenvalue weighted by Crippen LogP contribution is -2.36. The Kier molecular flexibility index (Phi) is 13.8. The van der Waals surface area contributed by atoms with E-state index in [0.717, 1.165) is 44.8 Å². The summed E-state index contributed by atoms with van der Waals surface area (Å²) in [6.07, 6.45) is 13.2. The fourth-order valence-electron chi connectivity index (χ4n) is 3.56. The molecule has 1 heterocycles. The van der Waals surface area contributed by atoms with Crippen LogP contribution in [0.1, 0.15) is 44.9 Å². The van der Waals surface area contributed by atoms with Gasteiger partial charge in [-0.2, -0.15) is 0 Å². The summed E-state index contributed by atoms with van der Waals surface area (Å²) in [5.74, 6) is 1.53. The molecule has 0 bridgehead atoms. The number of allylic oxidation sites excluding steroid dienone is 2. The van der Waals surface area contributed by atoms with Crippen LogP contribution in [0.3, 0.4) is 0 Å². The molecule has 2 N–H and O–H groups in total. The molecule has 0 radical (unpaired) electrons. The fourth-order valence-corrected chi connectivity index (χ4v) is 3.69. The Morgan fingerprint density at radius 2 is 2.15 bits per heavy atom. The number of piperidine rings is 1. The lowest BCUT2D eigenvalue weighted by Gasteiger charge is -2.33. The van der Waals surface area contributed by atoms with Gasteiger partial charge in [-0.05, 0) is 70.0 Å². The second-order valence-electron chi connectivity index (χ2n) is 7.25. The first-order valence-corrected chi connectivity index (χ1v) is 10.6. The highest BCUT2D eigenvalue weighted by atomic mass is 35.5. The minimum absolute atomic E-state index is 0.139. The topological polar surface area (TPSA) is 56.7 Å². The number of carbonyl (C=O) groups excluding carboxylic acids is 1. The highest BCUT2D eigenvalue weighted by Gasteiger charge is 2.21. The van der Waals surface area contributed by atoms with Crippen LogP contribution in [0.15, 0.2) is 29.3 Å². The van der Waals surface area contributed by atoms with Crippen molar-refractivity contribution in [2.24, 2.45) is 16.8 Å². The molecule has 0 aromatic carbocycles. The van der Waals surface area contributed by atoms with Crippen LogP contribution in [-0.2, 0) is 4.79 Å². The van der Waals surface area contributed by atoms with Gasteiger partial charge in [0.05, 0.1) is 6.34 Å². The third-order valence-electron chi connectivity index (χ3n) is 5.16. The maximum absolute atomic E-state index is 11.8. The average molecular weight is 397 g/mol. The number of rotatable bonds is 14. The van der Waals surface area contributed by atoms with E-state index in [1.165, 1.54) is 19.3 Å². The van der Waals surface area contributed by atoms with E-state index in [0.29, 0.717) is 25.4 Å². The van der Waals surface area contributed by atoms with Crippen molar-refractivity contribution in [3.05, 3.63) is 24.3 Å². The lowest BCUT2D eigenvalue weighted by molar-refractivity contribution is -0.121. The van der Waals surface area contributed by atoms with Crippen molar-refractivity contribution in [1.29, 1.82) is 0 Å². The van der Waals surface area contributed by atoms with E-state index < -0.39 is 0 Å². The van der Waals surface area contributed by atoms with Crippen LogP contribution in [0.4, 0.5) is 0 Å². The number of hydrogen-bond acceptors (Lipinski definition) is 3. The highest BCUT2D eigenvalue weighted by Crippen LogP contribution is 2.27. The van der Waals surface area contributed by atoms with Crippen molar-refractivity contribution in [3.8, 4) is 0 Å². The molecule has 0 saturated carbocycles. The smallest absolute Gasteiger partial charge is 0.220 e. The van der Waals surface area contributed by atoms with E-state index in [-0.39, 0.29) is 5.91 Å². The van der Waals surface area contributed by atoms with Crippen LogP contribution in [0.25, 0.3) is 0 Å². The van der Waals surface area contributed by atoms with Gasteiger partial charge in [0, 0.05) is 32.1 Å². The molecule has 6 heteroatoms. The number of likely N-dealkylation sites (tertiary alicyclic amines) is 1. The van der Waals surface area contributed by atoms with Crippen molar-refractivity contribution in [2.75, 3.05) is 39.8 Å². The van der Waals surface area contributed by atoms with Crippen LogP contribution in [0, 0.1) is 11.8 Å². The zero-order valence-electron chi connectivity index (χ0n) is 16.8. The van der Waals surface area contributed by atoms with Gasteiger partial charge in [0.15, 0.2) is 0 Å². The van der Waals surface area contributed by atoms with Crippen LogP contribution in [-0.4, -0.2) is 56.9 Å². The largest absolute Gasteiger partial charge is 0.375 e. The van der Waals surface area contributed by atoms with Crippen molar-refractivity contribution < 1.29 is 4.79 Å². The van der Waals surface area contributed by atoms with Gasteiger partial charge < -0.3 is 15.5 Å². The lowest BCUT2D eigenvalue weighted by atomic mass is 9.85. The minimum atomic E-state index is 0.139. The van der Waals surface area contributed by atoms with Crippen molar-refractivity contribution in [1.82, 2.24) is 15.5 Å². The Morgan fingerprint density at radius 1 is 1.37 bits per heavy atom. The minimum Gasteiger partial charge on any atom is -0.375 e. The molecular weight excluding hydrogens is 360 g/mol. The van der Waals surface area contributed by atoms with Gasteiger partial charge in [-0.15, -0.1) is 6.58 Å². The summed E-state index contributed by atoms with van der Waals surface area (Å²) in [7, 11) is 1.72. The standard InChI is InChI=1S/C21H37ClN4O/c1-3-19(7-4-5-11-22)17-20-9-15-26(16-10-20)14-6-8-21(27)25-13-12-24-18-23-2/h3,5,11,18-20H,1,4,6-10,12-17H2,2H3,(H,23,24)(H,25,27)/b11-5+. The number of nitrogens with zero attached hydrogens (tertiary/aromatic N) is 2. The average Bonchev–Trinajstić information content (AvgIpc) is 2.68. The Labute approximate surface area is 170 Å². The summed E-state index contributed by atoms with van der Waals surface area (Å²) < 4.78 is 0. The number of aliphatic imine (C=N–C) groups is 1. The summed E-state index contributed by atoms with van der Waals surface area (Å²) >= 11 is 5.60. The molecule has 1 saturated heterocycles. The van der Waals surface area contributed by atoms with E-state index in [1.807, 2.05) is 6.08 Å². The van der Waals surface area contributed by atoms with Gasteiger partial charge in [0.1, 0.15) is 0 Å². The Bertz CT molecular complexity index is 459. The van der Waals surface area contributed by atoms with Crippen molar-refractivity contribution in [3.63, 3.8) is 0 Å². The normalized spacial score (nSPS) is 17.4. The second-order valence-corrected chi connectivity index (χ2v) is 7.50. The zero-order chi connectivity index (χ0) is 19.7. The molecule has 1 fully saturated rings. The van der Waals surface area contributed by atoms with Crippen LogP contribution in [0.2, 0.25) is 0 Å². The predicted octanol–water partition coefficient (Wildman–Crippen LogP) is 3.57. The molecule has 0 spiro atoms.